The van der Waals surface area contributed by atoms with Gasteiger partial charge in [-0.2, -0.15) is 0 Å². The molecule has 4 nitrogen and oxygen atoms in total. The van der Waals surface area contributed by atoms with Gasteiger partial charge in [0, 0.05) is 0 Å². The summed E-state index contributed by atoms with van der Waals surface area (Å²) in [6.45, 7) is 0. The average molecular weight is 171 g/mol. The van der Waals surface area contributed by atoms with Gasteiger partial charge in [0.15, 0.2) is 0 Å². The maximum absolute atomic E-state index is 10.8. The van der Waals surface area contributed by atoms with Crippen LogP contribution in [0.4, 0.5) is 0 Å². The Hall–Kier alpha value is -0.610. The molecule has 0 unspecified atom stereocenters. The molecule has 2 aliphatic carbocycles. The smallest absolute Gasteiger partial charge is 0.326 e. The van der Waals surface area contributed by atoms with Crippen molar-refractivity contribution in [2.45, 2.75) is 30.9 Å². The van der Waals surface area contributed by atoms with E-state index in [1.165, 1.54) is 0 Å². The van der Waals surface area contributed by atoms with Crippen LogP contribution < -0.4 is 5.73 Å². The second-order valence-electron chi connectivity index (χ2n) is 3.95. The van der Waals surface area contributed by atoms with Crippen LogP contribution in [0.5, 0.6) is 0 Å². The van der Waals surface area contributed by atoms with Crippen LogP contribution in [0.1, 0.15) is 19.3 Å². The molecule has 0 aromatic heterocycles. The Bertz CT molecular complexity index is 226. The third-order valence-corrected chi connectivity index (χ3v) is 3.46. The summed E-state index contributed by atoms with van der Waals surface area (Å²) < 4.78 is 0. The van der Waals surface area contributed by atoms with Crippen LogP contribution in [0.25, 0.3) is 0 Å². The highest BCUT2D eigenvalue weighted by molar-refractivity contribution is 5.80. The largest absolute Gasteiger partial charge is 0.480 e. The van der Waals surface area contributed by atoms with Crippen LogP contribution in [-0.4, -0.2) is 27.8 Å². The highest BCUT2D eigenvalue weighted by Crippen LogP contribution is 2.49. The molecule has 12 heavy (non-hydrogen) atoms. The van der Waals surface area contributed by atoms with Crippen LogP contribution in [0, 0.1) is 11.8 Å². The van der Waals surface area contributed by atoms with E-state index in [1.807, 2.05) is 0 Å². The molecule has 4 N–H and O–H groups in total. The van der Waals surface area contributed by atoms with Gasteiger partial charge in [-0.15, -0.1) is 0 Å². The Morgan fingerprint density at radius 1 is 1.50 bits per heavy atom. The third-order valence-electron chi connectivity index (χ3n) is 3.46. The highest BCUT2D eigenvalue weighted by Gasteiger charge is 2.60. The van der Waals surface area contributed by atoms with E-state index in [0.717, 1.165) is 19.3 Å². The Kier molecular flexibility index (Phi) is 1.47. The SMILES string of the molecule is N[C@]1(C(=O)O)[C@H]2CC[C@H](C2)[C@@H]1O. The van der Waals surface area contributed by atoms with Gasteiger partial charge in [-0.05, 0) is 31.1 Å². The summed E-state index contributed by atoms with van der Waals surface area (Å²) in [5, 5.41) is 18.5. The minimum atomic E-state index is -1.36. The molecule has 0 aliphatic heterocycles. The molecule has 0 saturated heterocycles. The van der Waals surface area contributed by atoms with Gasteiger partial charge in [-0.3, -0.25) is 4.79 Å². The van der Waals surface area contributed by atoms with Gasteiger partial charge >= 0.3 is 5.97 Å². The first kappa shape index (κ1) is 8.01. The molecule has 0 amide bonds. The fourth-order valence-corrected chi connectivity index (χ4v) is 2.67. The van der Waals surface area contributed by atoms with Crippen molar-refractivity contribution in [3.05, 3.63) is 0 Å². The Balaban J connectivity index is 2.32. The van der Waals surface area contributed by atoms with Gasteiger partial charge in [-0.1, -0.05) is 0 Å². The molecule has 0 spiro atoms. The fourth-order valence-electron chi connectivity index (χ4n) is 2.67. The molecular formula is C8H13NO3. The van der Waals surface area contributed by atoms with E-state index in [4.69, 9.17) is 10.8 Å². The average Bonchev–Trinajstić information content (AvgIpc) is 2.55. The zero-order valence-corrected chi connectivity index (χ0v) is 6.73. The molecule has 0 heterocycles. The molecule has 2 aliphatic rings. The first-order chi connectivity index (χ1) is 5.56. The monoisotopic (exact) mass is 171 g/mol. The van der Waals surface area contributed by atoms with E-state index < -0.39 is 17.6 Å². The summed E-state index contributed by atoms with van der Waals surface area (Å²) in [4.78, 5) is 10.8. The number of rotatable bonds is 1. The van der Waals surface area contributed by atoms with Crippen LogP contribution in [-0.2, 0) is 4.79 Å². The van der Waals surface area contributed by atoms with Crippen molar-refractivity contribution in [3.8, 4) is 0 Å². The molecule has 4 heteroatoms. The summed E-state index contributed by atoms with van der Waals surface area (Å²) >= 11 is 0. The van der Waals surface area contributed by atoms with Crippen molar-refractivity contribution in [1.29, 1.82) is 0 Å². The lowest BCUT2D eigenvalue weighted by Crippen LogP contribution is -2.60. The third kappa shape index (κ3) is 0.716. The van der Waals surface area contributed by atoms with Crippen molar-refractivity contribution >= 4 is 5.97 Å². The van der Waals surface area contributed by atoms with Crippen LogP contribution in [0.15, 0.2) is 0 Å². The Labute approximate surface area is 70.4 Å². The molecule has 0 aromatic rings. The molecule has 0 aromatic carbocycles. The Morgan fingerprint density at radius 3 is 2.50 bits per heavy atom. The number of hydrogen-bond donors (Lipinski definition) is 3. The fraction of sp³-hybridized carbons (Fsp3) is 0.875. The second kappa shape index (κ2) is 2.20. The minimum absolute atomic E-state index is 0.0185. The number of aliphatic carboxylic acids is 1. The maximum atomic E-state index is 10.8. The Morgan fingerprint density at radius 2 is 2.17 bits per heavy atom. The van der Waals surface area contributed by atoms with E-state index in [-0.39, 0.29) is 11.8 Å². The van der Waals surface area contributed by atoms with Gasteiger partial charge in [0.1, 0.15) is 5.54 Å². The van der Waals surface area contributed by atoms with Gasteiger partial charge in [0.2, 0.25) is 0 Å². The predicted octanol–water partition coefficient (Wildman–Crippen LogP) is -0.441. The number of carbonyl (C=O) groups is 1. The lowest BCUT2D eigenvalue weighted by Gasteiger charge is -2.33. The van der Waals surface area contributed by atoms with Crippen LogP contribution in [0.2, 0.25) is 0 Å². The van der Waals surface area contributed by atoms with Gasteiger partial charge in [0.25, 0.3) is 0 Å². The van der Waals surface area contributed by atoms with Crippen molar-refractivity contribution in [3.63, 3.8) is 0 Å². The first-order valence-electron chi connectivity index (χ1n) is 4.27. The quantitative estimate of drug-likeness (QED) is 0.499. The summed E-state index contributed by atoms with van der Waals surface area (Å²) in [5.41, 5.74) is 4.32. The first-order valence-corrected chi connectivity index (χ1v) is 4.27. The van der Waals surface area contributed by atoms with Crippen LogP contribution >= 0.6 is 0 Å². The summed E-state index contributed by atoms with van der Waals surface area (Å²) in [7, 11) is 0. The van der Waals surface area contributed by atoms with Crippen LogP contribution in [0.3, 0.4) is 0 Å². The number of nitrogens with two attached hydrogens (primary N) is 1. The van der Waals surface area contributed by atoms with E-state index in [1.54, 1.807) is 0 Å². The summed E-state index contributed by atoms with van der Waals surface area (Å²) in [6, 6.07) is 0. The van der Waals surface area contributed by atoms with E-state index in [2.05, 4.69) is 0 Å². The standard InChI is InChI=1S/C8H13NO3/c9-8(7(11)12)5-2-1-4(3-5)6(8)10/h4-6,10H,1-3,9H2,(H,11,12)/t4-,5+,6+,8-/m1/s1. The summed E-state index contributed by atoms with van der Waals surface area (Å²) in [6.07, 6.45) is 1.72. The number of carboxylic acid groups (broad SMARTS) is 1. The normalized spacial score (nSPS) is 51.3. The summed E-state index contributed by atoms with van der Waals surface area (Å²) in [5.74, 6) is -0.951. The number of carboxylic acids is 1. The number of hydrogen-bond acceptors (Lipinski definition) is 3. The van der Waals surface area contributed by atoms with Gasteiger partial charge < -0.3 is 15.9 Å². The zero-order chi connectivity index (χ0) is 8.93. The van der Waals surface area contributed by atoms with Crippen molar-refractivity contribution < 1.29 is 15.0 Å². The number of aliphatic hydroxyl groups is 1. The van der Waals surface area contributed by atoms with Gasteiger partial charge in [-0.25, -0.2) is 0 Å². The van der Waals surface area contributed by atoms with Crippen molar-refractivity contribution in [2.24, 2.45) is 17.6 Å². The molecule has 2 saturated carbocycles. The molecule has 2 fully saturated rings. The topological polar surface area (TPSA) is 83.6 Å². The van der Waals surface area contributed by atoms with E-state index >= 15 is 0 Å². The molecule has 2 bridgehead atoms. The molecule has 0 radical (unpaired) electrons. The predicted molar refractivity (Wildman–Crippen MR) is 41.4 cm³/mol. The van der Waals surface area contributed by atoms with Gasteiger partial charge in [0.05, 0.1) is 6.10 Å². The zero-order valence-electron chi connectivity index (χ0n) is 6.73. The maximum Gasteiger partial charge on any atom is 0.326 e. The molecular weight excluding hydrogens is 158 g/mol. The van der Waals surface area contributed by atoms with Crippen molar-refractivity contribution in [1.82, 2.24) is 0 Å². The number of aliphatic hydroxyl groups excluding tert-OH is 1. The molecule has 2 rings (SSSR count). The lowest BCUT2D eigenvalue weighted by molar-refractivity contribution is -0.150. The second-order valence-corrected chi connectivity index (χ2v) is 3.95. The molecule has 68 valence electrons. The lowest BCUT2D eigenvalue weighted by atomic mass is 9.80. The van der Waals surface area contributed by atoms with E-state index in [0.29, 0.717) is 0 Å². The molecule has 4 atom stereocenters. The number of fused-ring (bicyclic) bond motifs is 2. The highest BCUT2D eigenvalue weighted by atomic mass is 16.4. The van der Waals surface area contributed by atoms with Crippen molar-refractivity contribution in [2.75, 3.05) is 0 Å². The minimum Gasteiger partial charge on any atom is -0.480 e. The van der Waals surface area contributed by atoms with E-state index in [9.17, 15) is 9.90 Å².